The van der Waals surface area contributed by atoms with E-state index in [-0.39, 0.29) is 18.4 Å². The van der Waals surface area contributed by atoms with Crippen LogP contribution in [-0.2, 0) is 16.0 Å². The maximum absolute atomic E-state index is 12.6. The van der Waals surface area contributed by atoms with Crippen molar-refractivity contribution in [2.45, 2.75) is 65.0 Å². The number of ether oxygens (including phenoxy) is 1. The predicted molar refractivity (Wildman–Crippen MR) is 147 cm³/mol. The topological polar surface area (TPSA) is 115 Å². The van der Waals surface area contributed by atoms with Crippen LogP contribution in [0.2, 0.25) is 0 Å². The summed E-state index contributed by atoms with van der Waals surface area (Å²) in [5, 5.41) is 7.22. The molecule has 1 atom stereocenters. The molecule has 0 aromatic carbocycles. The molecule has 202 valence electrons. The van der Waals surface area contributed by atoms with Crippen molar-refractivity contribution in [3.63, 3.8) is 0 Å². The van der Waals surface area contributed by atoms with Crippen molar-refractivity contribution in [3.05, 3.63) is 72.2 Å². The molecule has 0 aliphatic carbocycles. The number of nitrogens with one attached hydrogen (secondary N) is 1. The van der Waals surface area contributed by atoms with E-state index in [4.69, 9.17) is 9.72 Å². The Morgan fingerprint density at radius 2 is 1.97 bits per heavy atom. The summed E-state index contributed by atoms with van der Waals surface area (Å²) in [7, 11) is 0. The lowest BCUT2D eigenvalue weighted by atomic mass is 10.0. The van der Waals surface area contributed by atoms with Crippen LogP contribution in [0.5, 0.6) is 0 Å². The average Bonchev–Trinajstić information content (AvgIpc) is 3.46. The summed E-state index contributed by atoms with van der Waals surface area (Å²) in [4.78, 5) is 40.1. The SMILES string of the molecule is CC(C)c1cnn2ccc(-c3ccnc(Cc4ccc(N5CC(NC(=O)OC(C)(C)C)CC5=O)cn4)n3)cc12. The van der Waals surface area contributed by atoms with Crippen LogP contribution in [0.4, 0.5) is 10.5 Å². The molecule has 10 nitrogen and oxygen atoms in total. The minimum absolute atomic E-state index is 0.0718. The quantitative estimate of drug-likeness (QED) is 0.392. The Hall–Kier alpha value is -4.34. The second-order valence-electron chi connectivity index (χ2n) is 11.1. The summed E-state index contributed by atoms with van der Waals surface area (Å²) in [6.45, 7) is 10.1. The molecule has 4 aromatic heterocycles. The smallest absolute Gasteiger partial charge is 0.407 e. The van der Waals surface area contributed by atoms with E-state index in [9.17, 15) is 9.59 Å². The van der Waals surface area contributed by atoms with Crippen LogP contribution in [0.25, 0.3) is 16.8 Å². The van der Waals surface area contributed by atoms with Gasteiger partial charge in [-0.25, -0.2) is 19.3 Å². The molecule has 1 N–H and O–H groups in total. The zero-order valence-corrected chi connectivity index (χ0v) is 22.9. The summed E-state index contributed by atoms with van der Waals surface area (Å²) in [6, 6.07) is 9.43. The van der Waals surface area contributed by atoms with Gasteiger partial charge in [-0.15, -0.1) is 0 Å². The Balaban J connectivity index is 1.26. The number of amides is 2. The monoisotopic (exact) mass is 527 g/mol. The Morgan fingerprint density at radius 3 is 2.69 bits per heavy atom. The molecule has 39 heavy (non-hydrogen) atoms. The van der Waals surface area contributed by atoms with Gasteiger partial charge in [0.2, 0.25) is 5.91 Å². The molecular weight excluding hydrogens is 494 g/mol. The van der Waals surface area contributed by atoms with Crippen LogP contribution >= 0.6 is 0 Å². The fourth-order valence-electron chi connectivity index (χ4n) is 4.62. The third-order valence-corrected chi connectivity index (χ3v) is 6.48. The fraction of sp³-hybridized carbons (Fsp3) is 0.379. The minimum Gasteiger partial charge on any atom is -0.444 e. The van der Waals surface area contributed by atoms with Gasteiger partial charge in [0.15, 0.2) is 0 Å². The minimum atomic E-state index is -0.597. The van der Waals surface area contributed by atoms with E-state index in [0.717, 1.165) is 22.5 Å². The molecule has 5 heterocycles. The average molecular weight is 528 g/mol. The molecule has 1 fully saturated rings. The molecule has 0 radical (unpaired) electrons. The molecule has 4 aromatic rings. The molecule has 0 spiro atoms. The van der Waals surface area contributed by atoms with Crippen LogP contribution < -0.4 is 10.2 Å². The number of hydrogen-bond acceptors (Lipinski definition) is 7. The molecule has 2 amide bonds. The number of hydrogen-bond donors (Lipinski definition) is 1. The molecule has 0 saturated carbocycles. The van der Waals surface area contributed by atoms with Crippen LogP contribution in [0.3, 0.4) is 0 Å². The van der Waals surface area contributed by atoms with Crippen LogP contribution in [0.15, 0.2) is 55.1 Å². The van der Waals surface area contributed by atoms with Crippen molar-refractivity contribution >= 4 is 23.2 Å². The first-order chi connectivity index (χ1) is 18.6. The van der Waals surface area contributed by atoms with Crippen LogP contribution in [0, 0.1) is 0 Å². The first kappa shape index (κ1) is 26.3. The highest BCUT2D eigenvalue weighted by atomic mass is 16.6. The number of rotatable bonds is 6. The summed E-state index contributed by atoms with van der Waals surface area (Å²) in [6.07, 6.45) is 7.44. The molecule has 10 heteroatoms. The van der Waals surface area contributed by atoms with Gasteiger partial charge in [0, 0.05) is 42.2 Å². The van der Waals surface area contributed by atoms with E-state index < -0.39 is 11.7 Å². The van der Waals surface area contributed by atoms with Crippen molar-refractivity contribution in [1.82, 2.24) is 29.9 Å². The Bertz CT molecular complexity index is 1510. The zero-order valence-electron chi connectivity index (χ0n) is 22.9. The van der Waals surface area contributed by atoms with Gasteiger partial charge in [-0.3, -0.25) is 9.78 Å². The summed E-state index contributed by atoms with van der Waals surface area (Å²) >= 11 is 0. The number of pyridine rings is 2. The van der Waals surface area contributed by atoms with Crippen molar-refractivity contribution in [2.24, 2.45) is 0 Å². The van der Waals surface area contributed by atoms with Crippen LogP contribution in [-0.4, -0.2) is 54.8 Å². The lowest BCUT2D eigenvalue weighted by Gasteiger charge is -2.22. The third kappa shape index (κ3) is 6.05. The molecule has 0 bridgehead atoms. The van der Waals surface area contributed by atoms with E-state index in [2.05, 4.69) is 40.3 Å². The molecule has 1 saturated heterocycles. The maximum atomic E-state index is 12.6. The van der Waals surface area contributed by atoms with Gasteiger partial charge in [-0.05, 0) is 57.0 Å². The molecule has 5 rings (SSSR count). The highest BCUT2D eigenvalue weighted by molar-refractivity contribution is 5.96. The maximum Gasteiger partial charge on any atom is 0.407 e. The first-order valence-corrected chi connectivity index (χ1v) is 13.1. The van der Waals surface area contributed by atoms with E-state index >= 15 is 0 Å². The number of carbonyl (C=O) groups is 2. The molecular formula is C29H33N7O3. The number of anilines is 1. The summed E-state index contributed by atoms with van der Waals surface area (Å²) in [5.74, 6) is 0.956. The van der Waals surface area contributed by atoms with Gasteiger partial charge >= 0.3 is 6.09 Å². The standard InChI is InChI=1S/C29H33N7O3/c1-18(2)23-16-32-36-11-9-19(12-25(23)36)24-8-10-30-26(34-24)13-20-6-7-22(15-31-20)35-17-21(14-27(35)37)33-28(38)39-29(3,4)5/h6-12,15-16,18,21H,13-14,17H2,1-5H3,(H,33,38). The third-order valence-electron chi connectivity index (χ3n) is 6.48. The lowest BCUT2D eigenvalue weighted by molar-refractivity contribution is -0.117. The van der Waals surface area contributed by atoms with Gasteiger partial charge in [0.25, 0.3) is 0 Å². The fourth-order valence-corrected chi connectivity index (χ4v) is 4.62. The van der Waals surface area contributed by atoms with Gasteiger partial charge in [-0.2, -0.15) is 5.10 Å². The van der Waals surface area contributed by atoms with Crippen LogP contribution in [0.1, 0.15) is 64.0 Å². The van der Waals surface area contributed by atoms with Crippen molar-refractivity contribution in [2.75, 3.05) is 11.4 Å². The van der Waals surface area contributed by atoms with E-state index in [1.54, 1.807) is 38.1 Å². The van der Waals surface area contributed by atoms with E-state index in [1.807, 2.05) is 41.2 Å². The lowest BCUT2D eigenvalue weighted by Crippen LogP contribution is -2.40. The first-order valence-electron chi connectivity index (χ1n) is 13.1. The zero-order chi connectivity index (χ0) is 27.7. The highest BCUT2D eigenvalue weighted by Gasteiger charge is 2.32. The predicted octanol–water partition coefficient (Wildman–Crippen LogP) is 4.53. The largest absolute Gasteiger partial charge is 0.444 e. The Morgan fingerprint density at radius 1 is 1.15 bits per heavy atom. The number of alkyl carbamates (subject to hydrolysis) is 1. The van der Waals surface area contributed by atoms with Gasteiger partial charge in [0.1, 0.15) is 11.4 Å². The van der Waals surface area contributed by atoms with E-state index in [0.29, 0.717) is 30.4 Å². The summed E-state index contributed by atoms with van der Waals surface area (Å²) < 4.78 is 7.19. The second kappa shape index (κ2) is 10.4. The number of aromatic nitrogens is 5. The molecule has 1 aliphatic heterocycles. The van der Waals surface area contributed by atoms with Crippen molar-refractivity contribution in [3.8, 4) is 11.3 Å². The number of nitrogens with zero attached hydrogens (tertiary/aromatic N) is 6. The van der Waals surface area contributed by atoms with Crippen molar-refractivity contribution < 1.29 is 14.3 Å². The molecule has 1 unspecified atom stereocenters. The van der Waals surface area contributed by atoms with Gasteiger partial charge in [-0.1, -0.05) is 13.8 Å². The number of carbonyl (C=O) groups excluding carboxylic acids is 2. The Kier molecular flexibility index (Phi) is 7.03. The normalized spacial score (nSPS) is 15.8. The molecule has 1 aliphatic rings. The second-order valence-corrected chi connectivity index (χ2v) is 11.1. The summed E-state index contributed by atoms with van der Waals surface area (Å²) in [5.41, 5.74) is 4.97. The Labute approximate surface area is 227 Å². The highest BCUT2D eigenvalue weighted by Crippen LogP contribution is 2.26. The van der Waals surface area contributed by atoms with Gasteiger partial charge in [0.05, 0.1) is 41.8 Å². The number of fused-ring (bicyclic) bond motifs is 1. The van der Waals surface area contributed by atoms with Gasteiger partial charge < -0.3 is 15.0 Å². The van der Waals surface area contributed by atoms with Crippen molar-refractivity contribution in [1.29, 1.82) is 0 Å². The van der Waals surface area contributed by atoms with E-state index in [1.165, 1.54) is 5.56 Å².